The summed E-state index contributed by atoms with van der Waals surface area (Å²) in [5.74, 6) is -0.667. The number of carbonyl (C=O) groups excluding carboxylic acids is 3. The standard InChI is InChI=1S/C29H49N3O4/c1-10-12-14-18-32(27(34)24(20(3)4)31-28(35)36-29(7,8)9)25(26(33)30-17-13-11-2)23-16-15-21(5)22(6)19-23/h15-16,19-20,24-25H,10-14,17-18H2,1-9H3,(H,30,33)(H,31,35). The third-order valence-corrected chi connectivity index (χ3v) is 6.13. The molecule has 0 spiro atoms. The van der Waals surface area contributed by atoms with Crippen molar-refractivity contribution in [2.45, 2.75) is 112 Å². The average Bonchev–Trinajstić information content (AvgIpc) is 2.77. The van der Waals surface area contributed by atoms with Gasteiger partial charge in [-0.15, -0.1) is 0 Å². The van der Waals surface area contributed by atoms with E-state index in [-0.39, 0.29) is 17.7 Å². The summed E-state index contributed by atoms with van der Waals surface area (Å²) in [4.78, 5) is 41.9. The first-order valence-electron chi connectivity index (χ1n) is 13.5. The molecule has 1 aromatic rings. The molecule has 1 aromatic carbocycles. The lowest BCUT2D eigenvalue weighted by Crippen LogP contribution is -2.55. The lowest BCUT2D eigenvalue weighted by molar-refractivity contribution is -0.143. The molecule has 7 heteroatoms. The van der Waals surface area contributed by atoms with Crippen molar-refractivity contribution in [2.24, 2.45) is 5.92 Å². The molecule has 0 aliphatic carbocycles. The van der Waals surface area contributed by atoms with Crippen LogP contribution in [0.2, 0.25) is 0 Å². The van der Waals surface area contributed by atoms with Crippen molar-refractivity contribution in [3.8, 4) is 0 Å². The van der Waals surface area contributed by atoms with E-state index in [0.717, 1.165) is 48.8 Å². The zero-order valence-electron chi connectivity index (χ0n) is 24.0. The number of alkyl carbamates (subject to hydrolysis) is 1. The Balaban J connectivity index is 3.46. The van der Waals surface area contributed by atoms with Crippen LogP contribution < -0.4 is 10.6 Å². The van der Waals surface area contributed by atoms with Crippen molar-refractivity contribution >= 4 is 17.9 Å². The second-order valence-corrected chi connectivity index (χ2v) is 11.0. The van der Waals surface area contributed by atoms with E-state index in [0.29, 0.717) is 13.1 Å². The van der Waals surface area contributed by atoms with Crippen LogP contribution in [0.25, 0.3) is 0 Å². The number of unbranched alkanes of at least 4 members (excludes halogenated alkanes) is 3. The van der Waals surface area contributed by atoms with Crippen LogP contribution >= 0.6 is 0 Å². The summed E-state index contributed by atoms with van der Waals surface area (Å²) < 4.78 is 5.43. The van der Waals surface area contributed by atoms with Gasteiger partial charge in [-0.05, 0) is 70.1 Å². The minimum atomic E-state index is -0.820. The number of benzene rings is 1. The molecule has 0 bridgehead atoms. The SMILES string of the molecule is CCCCCN(C(=O)C(NC(=O)OC(C)(C)C)C(C)C)C(C(=O)NCCCC)c1ccc(C)c(C)c1. The maximum absolute atomic E-state index is 14.1. The summed E-state index contributed by atoms with van der Waals surface area (Å²) in [7, 11) is 0. The Morgan fingerprint density at radius 3 is 2.14 bits per heavy atom. The molecule has 0 radical (unpaired) electrons. The van der Waals surface area contributed by atoms with Crippen LogP contribution in [-0.4, -0.2) is 47.5 Å². The minimum Gasteiger partial charge on any atom is -0.444 e. The van der Waals surface area contributed by atoms with Crippen molar-refractivity contribution in [1.29, 1.82) is 0 Å². The summed E-state index contributed by atoms with van der Waals surface area (Å²) in [5.41, 5.74) is 2.28. The number of ether oxygens (including phenoxy) is 1. The van der Waals surface area contributed by atoms with Crippen LogP contribution in [0.3, 0.4) is 0 Å². The van der Waals surface area contributed by atoms with Crippen LogP contribution in [-0.2, 0) is 14.3 Å². The average molecular weight is 504 g/mol. The molecule has 204 valence electrons. The Hall–Kier alpha value is -2.57. The molecule has 0 heterocycles. The van der Waals surface area contributed by atoms with Crippen molar-refractivity contribution in [1.82, 2.24) is 15.5 Å². The third-order valence-electron chi connectivity index (χ3n) is 6.13. The van der Waals surface area contributed by atoms with Gasteiger partial charge in [0.25, 0.3) is 0 Å². The van der Waals surface area contributed by atoms with Gasteiger partial charge in [0, 0.05) is 13.1 Å². The smallest absolute Gasteiger partial charge is 0.408 e. The van der Waals surface area contributed by atoms with E-state index < -0.39 is 23.8 Å². The Bertz CT molecular complexity index is 861. The first kappa shape index (κ1) is 31.5. The molecule has 0 saturated heterocycles. The van der Waals surface area contributed by atoms with Gasteiger partial charge >= 0.3 is 6.09 Å². The predicted octanol–water partition coefficient (Wildman–Crippen LogP) is 5.83. The first-order chi connectivity index (χ1) is 16.8. The fraction of sp³-hybridized carbons (Fsp3) is 0.690. The number of aryl methyl sites for hydroxylation is 2. The van der Waals surface area contributed by atoms with Gasteiger partial charge < -0.3 is 20.3 Å². The van der Waals surface area contributed by atoms with Crippen LogP contribution in [0.1, 0.15) is 103 Å². The Kier molecular flexibility index (Phi) is 13.0. The van der Waals surface area contributed by atoms with E-state index in [2.05, 4.69) is 24.5 Å². The summed E-state index contributed by atoms with van der Waals surface area (Å²) in [6, 6.07) is 4.31. The van der Waals surface area contributed by atoms with Crippen LogP contribution in [0, 0.1) is 19.8 Å². The Labute approximate surface area is 218 Å². The second-order valence-electron chi connectivity index (χ2n) is 11.0. The lowest BCUT2D eigenvalue weighted by Gasteiger charge is -2.36. The van der Waals surface area contributed by atoms with Crippen molar-refractivity contribution < 1.29 is 19.1 Å². The number of carbonyl (C=O) groups is 3. The molecule has 3 amide bonds. The molecule has 2 unspecified atom stereocenters. The minimum absolute atomic E-state index is 0.192. The predicted molar refractivity (Wildman–Crippen MR) is 146 cm³/mol. The Morgan fingerprint density at radius 1 is 0.972 bits per heavy atom. The van der Waals surface area contributed by atoms with Gasteiger partial charge in [-0.25, -0.2) is 4.79 Å². The molecule has 0 aliphatic heterocycles. The summed E-state index contributed by atoms with van der Waals surface area (Å²) in [5, 5.41) is 5.81. The van der Waals surface area contributed by atoms with Gasteiger partial charge in [-0.2, -0.15) is 0 Å². The molecular formula is C29H49N3O4. The van der Waals surface area contributed by atoms with Gasteiger partial charge in [-0.1, -0.05) is 65.2 Å². The first-order valence-corrected chi connectivity index (χ1v) is 13.5. The molecule has 0 aliphatic rings. The van der Waals surface area contributed by atoms with E-state index in [9.17, 15) is 14.4 Å². The van der Waals surface area contributed by atoms with Crippen LogP contribution in [0.5, 0.6) is 0 Å². The number of hydrogen-bond donors (Lipinski definition) is 2. The van der Waals surface area contributed by atoms with Crippen molar-refractivity contribution in [3.05, 3.63) is 34.9 Å². The number of nitrogens with one attached hydrogen (secondary N) is 2. The van der Waals surface area contributed by atoms with Crippen molar-refractivity contribution in [2.75, 3.05) is 13.1 Å². The zero-order valence-corrected chi connectivity index (χ0v) is 24.0. The van der Waals surface area contributed by atoms with E-state index >= 15 is 0 Å². The van der Waals surface area contributed by atoms with Gasteiger partial charge in [0.05, 0.1) is 0 Å². The summed E-state index contributed by atoms with van der Waals surface area (Å²) in [6.45, 7) is 18.3. The molecule has 0 aromatic heterocycles. The molecule has 0 fully saturated rings. The zero-order chi connectivity index (χ0) is 27.5. The fourth-order valence-corrected chi connectivity index (χ4v) is 3.92. The monoisotopic (exact) mass is 503 g/mol. The number of amides is 3. The van der Waals surface area contributed by atoms with Crippen LogP contribution in [0.4, 0.5) is 4.79 Å². The number of hydrogen-bond acceptors (Lipinski definition) is 4. The topological polar surface area (TPSA) is 87.7 Å². The number of rotatable bonds is 13. The third kappa shape index (κ3) is 10.2. The van der Waals surface area contributed by atoms with E-state index in [1.807, 2.05) is 45.9 Å². The highest BCUT2D eigenvalue weighted by molar-refractivity contribution is 5.92. The summed E-state index contributed by atoms with van der Waals surface area (Å²) >= 11 is 0. The fourth-order valence-electron chi connectivity index (χ4n) is 3.92. The van der Waals surface area contributed by atoms with E-state index in [4.69, 9.17) is 4.74 Å². The highest BCUT2D eigenvalue weighted by Gasteiger charge is 2.37. The van der Waals surface area contributed by atoms with Gasteiger partial charge in [0.15, 0.2) is 0 Å². The van der Waals surface area contributed by atoms with Crippen molar-refractivity contribution in [3.63, 3.8) is 0 Å². The van der Waals surface area contributed by atoms with Gasteiger partial charge in [-0.3, -0.25) is 9.59 Å². The maximum Gasteiger partial charge on any atom is 0.408 e. The largest absolute Gasteiger partial charge is 0.444 e. The lowest BCUT2D eigenvalue weighted by atomic mass is 9.96. The highest BCUT2D eigenvalue weighted by Crippen LogP contribution is 2.26. The van der Waals surface area contributed by atoms with Gasteiger partial charge in [0.1, 0.15) is 17.7 Å². The Morgan fingerprint density at radius 2 is 1.61 bits per heavy atom. The normalized spacial score (nSPS) is 13.2. The molecule has 0 saturated carbocycles. The number of nitrogens with zero attached hydrogens (tertiary/aromatic N) is 1. The molecule has 7 nitrogen and oxygen atoms in total. The molecular weight excluding hydrogens is 454 g/mol. The summed E-state index contributed by atoms with van der Waals surface area (Å²) in [6.07, 6.45) is 3.88. The molecule has 2 N–H and O–H groups in total. The molecule has 2 atom stereocenters. The quantitative estimate of drug-likeness (QED) is 0.332. The van der Waals surface area contributed by atoms with E-state index in [1.165, 1.54) is 0 Å². The highest BCUT2D eigenvalue weighted by atomic mass is 16.6. The van der Waals surface area contributed by atoms with Gasteiger partial charge in [0.2, 0.25) is 11.8 Å². The maximum atomic E-state index is 14.1. The molecule has 1 rings (SSSR count). The van der Waals surface area contributed by atoms with E-state index in [1.54, 1.807) is 25.7 Å². The van der Waals surface area contributed by atoms with Crippen LogP contribution in [0.15, 0.2) is 18.2 Å². The molecule has 36 heavy (non-hydrogen) atoms. The second kappa shape index (κ2) is 14.9.